The standard InChI is InChI=1S/C22H24Si/c1-15-11-13-21(19-9-5-7-17(15)19)23(3,4)22-14-12-16(2)18-8-6-10-20(18)22/h5-8,11-14H,9-10H2,1-4H3. The zero-order valence-electron chi connectivity index (χ0n) is 14.5. The SMILES string of the molecule is Cc1ccc([Si](C)(C)c2ccc(C)c3c2CC=C3)c2c1C=CC2. The van der Waals surface area contributed by atoms with E-state index in [0.29, 0.717) is 0 Å². The van der Waals surface area contributed by atoms with Gasteiger partial charge in [-0.15, -0.1) is 0 Å². The van der Waals surface area contributed by atoms with Crippen LogP contribution in [0.2, 0.25) is 13.1 Å². The average molecular weight is 317 g/mol. The summed E-state index contributed by atoms with van der Waals surface area (Å²) in [7, 11) is -1.70. The van der Waals surface area contributed by atoms with Gasteiger partial charge in [0.25, 0.3) is 0 Å². The molecule has 0 spiro atoms. The molecule has 2 aliphatic rings. The molecule has 0 atom stereocenters. The first-order chi connectivity index (χ1) is 11.0. The third-order valence-electron chi connectivity index (χ3n) is 5.71. The van der Waals surface area contributed by atoms with E-state index in [1.807, 2.05) is 0 Å². The Morgan fingerprint density at radius 3 is 1.57 bits per heavy atom. The molecule has 2 aromatic rings. The fourth-order valence-electron chi connectivity index (χ4n) is 4.37. The minimum atomic E-state index is -1.70. The number of hydrogen-bond donors (Lipinski definition) is 0. The Labute approximate surface area is 140 Å². The Kier molecular flexibility index (Phi) is 3.24. The lowest BCUT2D eigenvalue weighted by Crippen LogP contribution is -2.55. The van der Waals surface area contributed by atoms with Crippen molar-refractivity contribution in [3.8, 4) is 0 Å². The minimum Gasteiger partial charge on any atom is -0.0795 e. The molecule has 0 aromatic heterocycles. The lowest BCUT2D eigenvalue weighted by Gasteiger charge is -2.29. The maximum atomic E-state index is 2.53. The molecule has 0 N–H and O–H groups in total. The first-order valence-corrected chi connectivity index (χ1v) is 11.6. The van der Waals surface area contributed by atoms with E-state index in [-0.39, 0.29) is 0 Å². The van der Waals surface area contributed by atoms with Gasteiger partial charge in [-0.25, -0.2) is 0 Å². The zero-order valence-corrected chi connectivity index (χ0v) is 15.5. The highest BCUT2D eigenvalue weighted by Gasteiger charge is 2.33. The quantitative estimate of drug-likeness (QED) is 0.726. The van der Waals surface area contributed by atoms with Gasteiger partial charge >= 0.3 is 0 Å². The van der Waals surface area contributed by atoms with Crippen LogP contribution in [0.1, 0.15) is 33.4 Å². The number of rotatable bonds is 2. The smallest absolute Gasteiger partial charge is 0.0795 e. The Morgan fingerprint density at radius 1 is 0.696 bits per heavy atom. The highest BCUT2D eigenvalue weighted by Crippen LogP contribution is 2.27. The van der Waals surface area contributed by atoms with Gasteiger partial charge in [0.15, 0.2) is 0 Å². The van der Waals surface area contributed by atoms with E-state index in [1.54, 1.807) is 21.5 Å². The number of benzene rings is 2. The van der Waals surface area contributed by atoms with Gasteiger partial charge in [0.2, 0.25) is 0 Å². The minimum absolute atomic E-state index is 1.11. The molecule has 0 saturated heterocycles. The molecule has 0 unspecified atom stereocenters. The van der Waals surface area contributed by atoms with Crippen LogP contribution in [0.15, 0.2) is 36.4 Å². The largest absolute Gasteiger partial charge is 0.113 e. The molecule has 0 fully saturated rings. The van der Waals surface area contributed by atoms with Gasteiger partial charge in [-0.1, -0.05) is 72.0 Å². The van der Waals surface area contributed by atoms with Gasteiger partial charge in [0, 0.05) is 0 Å². The zero-order chi connectivity index (χ0) is 16.2. The monoisotopic (exact) mass is 316 g/mol. The second-order valence-corrected chi connectivity index (χ2v) is 11.8. The van der Waals surface area contributed by atoms with Gasteiger partial charge in [-0.2, -0.15) is 0 Å². The van der Waals surface area contributed by atoms with Crippen molar-refractivity contribution in [2.45, 2.75) is 39.8 Å². The third-order valence-corrected chi connectivity index (χ3v) is 9.34. The van der Waals surface area contributed by atoms with Crippen molar-refractivity contribution in [2.75, 3.05) is 0 Å². The molecule has 1 heteroatoms. The molecular weight excluding hydrogens is 292 g/mol. The van der Waals surface area contributed by atoms with Gasteiger partial charge in [0.1, 0.15) is 8.07 Å². The number of aryl methyl sites for hydroxylation is 2. The van der Waals surface area contributed by atoms with Crippen molar-refractivity contribution in [3.05, 3.63) is 69.8 Å². The van der Waals surface area contributed by atoms with Crippen molar-refractivity contribution in [1.82, 2.24) is 0 Å². The van der Waals surface area contributed by atoms with E-state index < -0.39 is 8.07 Å². The summed E-state index contributed by atoms with van der Waals surface area (Å²) in [5.74, 6) is 0. The summed E-state index contributed by atoms with van der Waals surface area (Å²) in [5, 5.41) is 3.25. The van der Waals surface area contributed by atoms with E-state index in [2.05, 4.69) is 75.5 Å². The summed E-state index contributed by atoms with van der Waals surface area (Å²) in [4.78, 5) is 0. The number of fused-ring (bicyclic) bond motifs is 2. The predicted octanol–water partition coefficient (Wildman–Crippen LogP) is 4.26. The van der Waals surface area contributed by atoms with E-state index in [1.165, 1.54) is 22.3 Å². The average Bonchev–Trinajstić information content (AvgIpc) is 3.17. The maximum Gasteiger partial charge on any atom is 0.113 e. The van der Waals surface area contributed by atoms with Gasteiger partial charge in [-0.05, 0) is 60.1 Å². The second kappa shape index (κ2) is 5.07. The van der Waals surface area contributed by atoms with Crippen molar-refractivity contribution >= 4 is 30.6 Å². The van der Waals surface area contributed by atoms with Crippen LogP contribution in [0.5, 0.6) is 0 Å². The molecule has 4 rings (SSSR count). The molecule has 0 aliphatic heterocycles. The summed E-state index contributed by atoms with van der Waals surface area (Å²) in [6.45, 7) is 9.53. The predicted molar refractivity (Wildman–Crippen MR) is 105 cm³/mol. The van der Waals surface area contributed by atoms with Crippen LogP contribution < -0.4 is 10.4 Å². The van der Waals surface area contributed by atoms with Crippen molar-refractivity contribution in [2.24, 2.45) is 0 Å². The van der Waals surface area contributed by atoms with Crippen LogP contribution in [-0.4, -0.2) is 8.07 Å². The summed E-state index contributed by atoms with van der Waals surface area (Å²) in [6, 6.07) is 9.49. The fourth-order valence-corrected chi connectivity index (χ4v) is 7.65. The van der Waals surface area contributed by atoms with Crippen molar-refractivity contribution in [1.29, 1.82) is 0 Å². The summed E-state index contributed by atoms with van der Waals surface area (Å²) in [5.41, 5.74) is 8.95. The molecular formula is C22H24Si. The van der Waals surface area contributed by atoms with E-state index in [4.69, 9.17) is 0 Å². The summed E-state index contributed by atoms with van der Waals surface area (Å²) in [6.07, 6.45) is 11.5. The van der Waals surface area contributed by atoms with Crippen LogP contribution in [0, 0.1) is 13.8 Å². The second-order valence-electron chi connectivity index (χ2n) is 7.48. The first kappa shape index (κ1) is 14.7. The molecule has 0 saturated carbocycles. The summed E-state index contributed by atoms with van der Waals surface area (Å²) >= 11 is 0. The molecule has 116 valence electrons. The molecule has 0 amide bonds. The van der Waals surface area contributed by atoms with Crippen LogP contribution >= 0.6 is 0 Å². The van der Waals surface area contributed by atoms with E-state index in [0.717, 1.165) is 12.8 Å². The summed E-state index contributed by atoms with van der Waals surface area (Å²) < 4.78 is 0. The fraction of sp³-hybridized carbons (Fsp3) is 0.273. The van der Waals surface area contributed by atoms with Gasteiger partial charge in [0.05, 0.1) is 0 Å². The third kappa shape index (κ3) is 2.10. The molecule has 0 radical (unpaired) electrons. The molecule has 0 nitrogen and oxygen atoms in total. The first-order valence-electron chi connectivity index (χ1n) is 8.59. The number of allylic oxidation sites excluding steroid dienone is 2. The van der Waals surface area contributed by atoms with Gasteiger partial charge < -0.3 is 0 Å². The molecule has 2 aliphatic carbocycles. The maximum absolute atomic E-state index is 2.53. The van der Waals surface area contributed by atoms with Crippen LogP contribution in [0.25, 0.3) is 12.2 Å². The normalized spacial score (nSPS) is 15.1. The van der Waals surface area contributed by atoms with E-state index >= 15 is 0 Å². The topological polar surface area (TPSA) is 0 Å². The Morgan fingerprint density at radius 2 is 1.13 bits per heavy atom. The van der Waals surface area contributed by atoms with Gasteiger partial charge in [-0.3, -0.25) is 0 Å². The lowest BCUT2D eigenvalue weighted by atomic mass is 10.0. The molecule has 0 heterocycles. The Bertz CT molecular complexity index is 795. The van der Waals surface area contributed by atoms with E-state index in [9.17, 15) is 0 Å². The highest BCUT2D eigenvalue weighted by atomic mass is 28.3. The van der Waals surface area contributed by atoms with Crippen LogP contribution in [0.4, 0.5) is 0 Å². The molecule has 23 heavy (non-hydrogen) atoms. The molecule has 0 bridgehead atoms. The lowest BCUT2D eigenvalue weighted by molar-refractivity contribution is 1.29. The molecule has 2 aromatic carbocycles. The van der Waals surface area contributed by atoms with Crippen molar-refractivity contribution < 1.29 is 0 Å². The number of hydrogen-bond acceptors (Lipinski definition) is 0. The van der Waals surface area contributed by atoms with Crippen LogP contribution in [0.3, 0.4) is 0 Å². The highest BCUT2D eigenvalue weighted by molar-refractivity contribution is 7.01. The Balaban J connectivity index is 1.91. The van der Waals surface area contributed by atoms with Crippen molar-refractivity contribution in [3.63, 3.8) is 0 Å². The Hall–Kier alpha value is -1.86. The van der Waals surface area contributed by atoms with Crippen LogP contribution in [-0.2, 0) is 12.8 Å².